The molecule has 0 spiro atoms. The zero-order valence-electron chi connectivity index (χ0n) is 9.47. The van der Waals surface area contributed by atoms with Crippen molar-refractivity contribution in [1.82, 2.24) is 0 Å². The average Bonchev–Trinajstić information content (AvgIpc) is 2.02. The Labute approximate surface area is 86.9 Å². The summed E-state index contributed by atoms with van der Waals surface area (Å²) in [6.07, 6.45) is 6.63. The fourth-order valence-electron chi connectivity index (χ4n) is 2.50. The molecule has 0 saturated heterocycles. The summed E-state index contributed by atoms with van der Waals surface area (Å²) in [5.41, 5.74) is 1.37. The van der Waals surface area contributed by atoms with Gasteiger partial charge in [0.15, 0.2) is 0 Å². The van der Waals surface area contributed by atoms with Crippen LogP contribution in [-0.2, 0) is 4.79 Å². The minimum atomic E-state index is 0.106. The zero-order valence-corrected chi connectivity index (χ0v) is 9.47. The molecular weight excluding hydrogens is 172 g/mol. The third-order valence-corrected chi connectivity index (χ3v) is 3.16. The van der Waals surface area contributed by atoms with Crippen LogP contribution in [-0.4, -0.2) is 5.78 Å². The van der Waals surface area contributed by atoms with Crippen LogP contribution in [0.15, 0.2) is 24.3 Å². The molecule has 0 heterocycles. The van der Waals surface area contributed by atoms with E-state index in [0.29, 0.717) is 12.2 Å². The first-order chi connectivity index (χ1) is 6.49. The van der Waals surface area contributed by atoms with E-state index in [1.54, 1.807) is 6.08 Å². The summed E-state index contributed by atoms with van der Waals surface area (Å²) in [6.45, 7) is 10.1. The van der Waals surface area contributed by atoms with E-state index in [1.807, 2.05) is 0 Å². The van der Waals surface area contributed by atoms with Gasteiger partial charge in [-0.25, -0.2) is 0 Å². The van der Waals surface area contributed by atoms with Crippen molar-refractivity contribution in [2.75, 3.05) is 0 Å². The molecular formula is C13H20O. The summed E-state index contributed by atoms with van der Waals surface area (Å²) in [4.78, 5) is 11.9. The molecule has 0 fully saturated rings. The lowest BCUT2D eigenvalue weighted by molar-refractivity contribution is -0.124. The van der Waals surface area contributed by atoms with Crippen molar-refractivity contribution in [3.05, 3.63) is 24.3 Å². The van der Waals surface area contributed by atoms with Gasteiger partial charge in [0.05, 0.1) is 0 Å². The molecule has 1 aliphatic carbocycles. The molecule has 1 rings (SSSR count). The molecule has 0 bridgehead atoms. The van der Waals surface area contributed by atoms with Crippen LogP contribution in [0.5, 0.6) is 0 Å². The second-order valence-electron chi connectivity index (χ2n) is 4.87. The standard InChI is InChI=1S/C13H20O/c1-5-7-11(14)12-10(2)8-6-9-13(12,3)4/h5,8,12H,1,6-7,9H2,2-4H3. The Balaban J connectivity index is 2.91. The van der Waals surface area contributed by atoms with Gasteiger partial charge in [-0.05, 0) is 25.2 Å². The van der Waals surface area contributed by atoms with E-state index >= 15 is 0 Å². The third-order valence-electron chi connectivity index (χ3n) is 3.16. The van der Waals surface area contributed by atoms with Crippen molar-refractivity contribution in [2.45, 2.75) is 40.0 Å². The molecule has 0 aromatic carbocycles. The number of allylic oxidation sites excluding steroid dienone is 3. The second-order valence-corrected chi connectivity index (χ2v) is 4.87. The lowest BCUT2D eigenvalue weighted by atomic mass is 9.66. The lowest BCUT2D eigenvalue weighted by Crippen LogP contribution is -2.33. The van der Waals surface area contributed by atoms with Gasteiger partial charge < -0.3 is 0 Å². The molecule has 1 unspecified atom stereocenters. The van der Waals surface area contributed by atoms with Crippen LogP contribution in [0, 0.1) is 11.3 Å². The van der Waals surface area contributed by atoms with Crippen molar-refractivity contribution in [3.8, 4) is 0 Å². The maximum Gasteiger partial charge on any atom is 0.144 e. The minimum absolute atomic E-state index is 0.106. The van der Waals surface area contributed by atoms with Gasteiger partial charge in [-0.3, -0.25) is 4.79 Å². The molecule has 1 nitrogen and oxygen atoms in total. The van der Waals surface area contributed by atoms with E-state index in [4.69, 9.17) is 0 Å². The summed E-state index contributed by atoms with van der Waals surface area (Å²) in [5, 5.41) is 0. The Kier molecular flexibility index (Phi) is 3.30. The molecule has 0 radical (unpaired) electrons. The molecule has 0 N–H and O–H groups in total. The van der Waals surface area contributed by atoms with Gasteiger partial charge in [-0.1, -0.05) is 31.6 Å². The van der Waals surface area contributed by atoms with Gasteiger partial charge >= 0.3 is 0 Å². The fraction of sp³-hybridized carbons (Fsp3) is 0.615. The van der Waals surface area contributed by atoms with Crippen LogP contribution < -0.4 is 0 Å². The van der Waals surface area contributed by atoms with E-state index in [0.717, 1.165) is 12.8 Å². The Morgan fingerprint density at radius 2 is 2.36 bits per heavy atom. The van der Waals surface area contributed by atoms with Gasteiger partial charge in [0.1, 0.15) is 5.78 Å². The Hall–Kier alpha value is -0.850. The van der Waals surface area contributed by atoms with E-state index in [-0.39, 0.29) is 11.3 Å². The van der Waals surface area contributed by atoms with Crippen molar-refractivity contribution in [3.63, 3.8) is 0 Å². The zero-order chi connectivity index (χ0) is 10.8. The number of rotatable bonds is 3. The van der Waals surface area contributed by atoms with Crippen LogP contribution in [0.3, 0.4) is 0 Å². The minimum Gasteiger partial charge on any atom is -0.299 e. The smallest absolute Gasteiger partial charge is 0.144 e. The molecule has 78 valence electrons. The molecule has 14 heavy (non-hydrogen) atoms. The van der Waals surface area contributed by atoms with Crippen LogP contribution in [0.1, 0.15) is 40.0 Å². The summed E-state index contributed by atoms with van der Waals surface area (Å²) in [5.74, 6) is 0.424. The highest BCUT2D eigenvalue weighted by atomic mass is 16.1. The van der Waals surface area contributed by atoms with Crippen LogP contribution in [0.4, 0.5) is 0 Å². The Morgan fingerprint density at radius 1 is 1.71 bits per heavy atom. The van der Waals surface area contributed by atoms with Crippen molar-refractivity contribution < 1.29 is 4.79 Å². The normalized spacial score (nSPS) is 25.4. The van der Waals surface area contributed by atoms with Gasteiger partial charge in [-0.2, -0.15) is 0 Å². The number of Topliss-reactive ketones (excluding diaryl/α,β-unsaturated/α-hetero) is 1. The van der Waals surface area contributed by atoms with Crippen molar-refractivity contribution >= 4 is 5.78 Å². The molecule has 0 amide bonds. The molecule has 0 aromatic rings. The highest BCUT2D eigenvalue weighted by Gasteiger charge is 2.36. The second kappa shape index (κ2) is 4.12. The van der Waals surface area contributed by atoms with Crippen molar-refractivity contribution in [2.24, 2.45) is 11.3 Å². The molecule has 1 heteroatoms. The summed E-state index contributed by atoms with van der Waals surface area (Å²) in [6, 6.07) is 0. The first kappa shape index (κ1) is 11.2. The average molecular weight is 192 g/mol. The molecule has 0 saturated carbocycles. The molecule has 1 aliphatic rings. The van der Waals surface area contributed by atoms with Gasteiger partial charge in [0, 0.05) is 12.3 Å². The predicted molar refractivity (Wildman–Crippen MR) is 60.1 cm³/mol. The predicted octanol–water partition coefficient (Wildman–Crippen LogP) is 3.51. The quantitative estimate of drug-likeness (QED) is 0.625. The maximum absolute atomic E-state index is 11.9. The first-order valence-electron chi connectivity index (χ1n) is 5.29. The van der Waals surface area contributed by atoms with Gasteiger partial charge in [-0.15, -0.1) is 6.58 Å². The molecule has 0 aliphatic heterocycles. The number of ketones is 1. The number of hydrogen-bond acceptors (Lipinski definition) is 1. The lowest BCUT2D eigenvalue weighted by Gasteiger charge is -2.37. The monoisotopic (exact) mass is 192 g/mol. The van der Waals surface area contributed by atoms with E-state index < -0.39 is 0 Å². The third kappa shape index (κ3) is 2.14. The van der Waals surface area contributed by atoms with Crippen LogP contribution >= 0.6 is 0 Å². The highest BCUT2D eigenvalue weighted by Crippen LogP contribution is 2.41. The fourth-order valence-corrected chi connectivity index (χ4v) is 2.50. The summed E-state index contributed by atoms with van der Waals surface area (Å²) < 4.78 is 0. The van der Waals surface area contributed by atoms with Crippen LogP contribution in [0.2, 0.25) is 0 Å². The van der Waals surface area contributed by atoms with Crippen LogP contribution in [0.25, 0.3) is 0 Å². The highest BCUT2D eigenvalue weighted by molar-refractivity contribution is 5.85. The van der Waals surface area contributed by atoms with E-state index in [9.17, 15) is 4.79 Å². The Bertz CT molecular complexity index is 271. The molecule has 0 aromatic heterocycles. The summed E-state index contributed by atoms with van der Waals surface area (Å²) in [7, 11) is 0. The maximum atomic E-state index is 11.9. The largest absolute Gasteiger partial charge is 0.299 e. The number of carbonyl (C=O) groups excluding carboxylic acids is 1. The number of carbonyl (C=O) groups is 1. The molecule has 1 atom stereocenters. The summed E-state index contributed by atoms with van der Waals surface area (Å²) >= 11 is 0. The SMILES string of the molecule is C=CCC(=O)C1C(C)=CCCC1(C)C. The Morgan fingerprint density at radius 3 is 2.86 bits per heavy atom. The van der Waals surface area contributed by atoms with Gasteiger partial charge in [0.2, 0.25) is 0 Å². The number of hydrogen-bond donors (Lipinski definition) is 0. The van der Waals surface area contributed by atoms with E-state index in [2.05, 4.69) is 33.4 Å². The topological polar surface area (TPSA) is 17.1 Å². The van der Waals surface area contributed by atoms with Crippen molar-refractivity contribution in [1.29, 1.82) is 0 Å². The van der Waals surface area contributed by atoms with E-state index in [1.165, 1.54) is 5.57 Å². The first-order valence-corrected chi connectivity index (χ1v) is 5.29. The van der Waals surface area contributed by atoms with Gasteiger partial charge in [0.25, 0.3) is 0 Å².